The van der Waals surface area contributed by atoms with Gasteiger partial charge in [-0.3, -0.25) is 0 Å². The van der Waals surface area contributed by atoms with Gasteiger partial charge in [-0.2, -0.15) is 4.57 Å². The molecule has 4 aromatic rings. The standard InChI is InChI=1S/C18H14N/c1-19-12-14-7-3-4-8-15(14)17-11-10-13-6-2-5-9-16(13)18(17)19/h2-12H,1H3/q+1. The van der Waals surface area contributed by atoms with E-state index in [-0.39, 0.29) is 0 Å². The van der Waals surface area contributed by atoms with E-state index >= 15 is 0 Å². The van der Waals surface area contributed by atoms with Crippen molar-refractivity contribution in [1.82, 2.24) is 0 Å². The van der Waals surface area contributed by atoms with E-state index in [0.717, 1.165) is 0 Å². The number of rotatable bonds is 0. The first-order chi connectivity index (χ1) is 9.34. The summed E-state index contributed by atoms with van der Waals surface area (Å²) < 4.78 is 2.24. The lowest BCUT2D eigenvalue weighted by Gasteiger charge is -2.05. The van der Waals surface area contributed by atoms with E-state index in [9.17, 15) is 0 Å². The molecule has 0 N–H and O–H groups in total. The molecule has 4 rings (SSSR count). The maximum atomic E-state index is 2.24. The lowest BCUT2D eigenvalue weighted by atomic mass is 10.0. The third kappa shape index (κ3) is 1.45. The van der Waals surface area contributed by atoms with Gasteiger partial charge in [-0.15, -0.1) is 0 Å². The summed E-state index contributed by atoms with van der Waals surface area (Å²) in [5.41, 5.74) is 1.30. The number of fused-ring (bicyclic) bond motifs is 5. The van der Waals surface area contributed by atoms with Crippen molar-refractivity contribution in [2.75, 3.05) is 0 Å². The van der Waals surface area contributed by atoms with E-state index < -0.39 is 0 Å². The molecule has 0 saturated heterocycles. The van der Waals surface area contributed by atoms with E-state index in [4.69, 9.17) is 0 Å². The monoisotopic (exact) mass is 244 g/mol. The van der Waals surface area contributed by atoms with Crippen LogP contribution in [0.4, 0.5) is 0 Å². The molecule has 90 valence electrons. The summed E-state index contributed by atoms with van der Waals surface area (Å²) in [4.78, 5) is 0. The van der Waals surface area contributed by atoms with E-state index in [1.54, 1.807) is 0 Å². The normalized spacial score (nSPS) is 11.4. The molecule has 0 unspecified atom stereocenters. The van der Waals surface area contributed by atoms with Gasteiger partial charge in [0.15, 0.2) is 6.20 Å². The van der Waals surface area contributed by atoms with Crippen molar-refractivity contribution < 1.29 is 4.57 Å². The Morgan fingerprint density at radius 2 is 1.32 bits per heavy atom. The SMILES string of the molecule is C[n+]1cc2ccccc2c2ccc3ccccc3c21. The smallest absolute Gasteiger partial charge is 0.200 e. The molecule has 0 aliphatic heterocycles. The molecule has 0 bridgehead atoms. The van der Waals surface area contributed by atoms with Crippen molar-refractivity contribution in [1.29, 1.82) is 0 Å². The van der Waals surface area contributed by atoms with Crippen LogP contribution >= 0.6 is 0 Å². The molecular formula is C18H14N+. The average molecular weight is 244 g/mol. The largest absolute Gasteiger partial charge is 0.220 e. The number of aryl methyl sites for hydroxylation is 1. The van der Waals surface area contributed by atoms with Crippen molar-refractivity contribution in [3.63, 3.8) is 0 Å². The van der Waals surface area contributed by atoms with Crippen LogP contribution in [0.25, 0.3) is 32.4 Å². The molecule has 3 aromatic carbocycles. The zero-order valence-electron chi connectivity index (χ0n) is 10.8. The maximum Gasteiger partial charge on any atom is 0.220 e. The first-order valence-corrected chi connectivity index (χ1v) is 6.53. The quantitative estimate of drug-likeness (QED) is 0.325. The second kappa shape index (κ2) is 3.79. The number of benzene rings is 3. The van der Waals surface area contributed by atoms with Crippen LogP contribution in [0.5, 0.6) is 0 Å². The molecule has 0 saturated carbocycles. The zero-order valence-corrected chi connectivity index (χ0v) is 10.8. The van der Waals surface area contributed by atoms with Gasteiger partial charge < -0.3 is 0 Å². The van der Waals surface area contributed by atoms with Gasteiger partial charge in [0.1, 0.15) is 7.05 Å². The van der Waals surface area contributed by atoms with Crippen molar-refractivity contribution in [3.8, 4) is 0 Å². The van der Waals surface area contributed by atoms with Crippen LogP contribution in [0.2, 0.25) is 0 Å². The highest BCUT2D eigenvalue weighted by Crippen LogP contribution is 2.27. The third-order valence-electron chi connectivity index (χ3n) is 3.84. The molecule has 1 nitrogen and oxygen atoms in total. The second-order valence-corrected chi connectivity index (χ2v) is 5.01. The summed E-state index contributed by atoms with van der Waals surface area (Å²) in [6.45, 7) is 0. The van der Waals surface area contributed by atoms with Crippen LogP contribution in [0.1, 0.15) is 0 Å². The summed E-state index contributed by atoms with van der Waals surface area (Å²) in [5.74, 6) is 0. The molecule has 0 amide bonds. The first kappa shape index (κ1) is 10.5. The molecular weight excluding hydrogens is 230 g/mol. The molecule has 0 spiro atoms. The molecule has 1 heteroatoms. The Morgan fingerprint density at radius 1 is 0.632 bits per heavy atom. The highest BCUT2D eigenvalue weighted by Gasteiger charge is 2.13. The lowest BCUT2D eigenvalue weighted by Crippen LogP contribution is -2.28. The molecule has 19 heavy (non-hydrogen) atoms. The molecule has 0 radical (unpaired) electrons. The molecule has 0 fully saturated rings. The van der Waals surface area contributed by atoms with Gasteiger partial charge in [-0.1, -0.05) is 42.5 Å². The Hall–Kier alpha value is -2.41. The van der Waals surface area contributed by atoms with Crippen molar-refractivity contribution in [2.45, 2.75) is 0 Å². The van der Waals surface area contributed by atoms with Gasteiger partial charge in [-0.05, 0) is 23.6 Å². The van der Waals surface area contributed by atoms with Crippen molar-refractivity contribution in [2.24, 2.45) is 7.05 Å². The molecule has 1 aromatic heterocycles. The number of pyridine rings is 1. The summed E-state index contributed by atoms with van der Waals surface area (Å²) in [5, 5.41) is 6.53. The Balaban J connectivity index is 2.35. The minimum absolute atomic E-state index is 1.28. The number of hydrogen-bond donors (Lipinski definition) is 0. The van der Waals surface area contributed by atoms with Gasteiger partial charge in [-0.25, -0.2) is 0 Å². The van der Waals surface area contributed by atoms with Gasteiger partial charge in [0, 0.05) is 10.8 Å². The van der Waals surface area contributed by atoms with Crippen LogP contribution < -0.4 is 4.57 Å². The average Bonchev–Trinajstić information content (AvgIpc) is 2.46. The van der Waals surface area contributed by atoms with E-state index in [1.165, 1.54) is 32.4 Å². The summed E-state index contributed by atoms with van der Waals surface area (Å²) >= 11 is 0. The van der Waals surface area contributed by atoms with Gasteiger partial charge in [0.25, 0.3) is 0 Å². The van der Waals surface area contributed by atoms with E-state index in [2.05, 4.69) is 78.5 Å². The molecule has 0 atom stereocenters. The fourth-order valence-corrected chi connectivity index (χ4v) is 2.98. The van der Waals surface area contributed by atoms with Crippen LogP contribution in [0.3, 0.4) is 0 Å². The first-order valence-electron chi connectivity index (χ1n) is 6.53. The van der Waals surface area contributed by atoms with E-state index in [0.29, 0.717) is 0 Å². The van der Waals surface area contributed by atoms with Crippen LogP contribution in [0.15, 0.2) is 66.9 Å². The predicted octanol–water partition coefficient (Wildman–Crippen LogP) is 3.97. The van der Waals surface area contributed by atoms with Gasteiger partial charge in [0.05, 0.1) is 10.8 Å². The summed E-state index contributed by atoms with van der Waals surface area (Å²) in [6.07, 6.45) is 2.21. The predicted molar refractivity (Wildman–Crippen MR) is 80.1 cm³/mol. The zero-order chi connectivity index (χ0) is 12.8. The fraction of sp³-hybridized carbons (Fsp3) is 0.0556. The fourth-order valence-electron chi connectivity index (χ4n) is 2.98. The highest BCUT2D eigenvalue weighted by atomic mass is 14.9. The minimum Gasteiger partial charge on any atom is -0.200 e. The summed E-state index contributed by atoms with van der Waals surface area (Å²) in [6, 6.07) is 21.6. The Bertz CT molecular complexity index is 922. The van der Waals surface area contributed by atoms with E-state index in [1.807, 2.05) is 0 Å². The van der Waals surface area contributed by atoms with Crippen molar-refractivity contribution >= 4 is 32.4 Å². The van der Waals surface area contributed by atoms with Crippen LogP contribution in [-0.2, 0) is 7.05 Å². The van der Waals surface area contributed by atoms with Gasteiger partial charge in [0.2, 0.25) is 5.52 Å². The Labute approximate surface area is 111 Å². The summed E-state index contributed by atoms with van der Waals surface area (Å²) in [7, 11) is 2.13. The second-order valence-electron chi connectivity index (χ2n) is 5.01. The highest BCUT2D eigenvalue weighted by molar-refractivity contribution is 6.13. The van der Waals surface area contributed by atoms with Crippen LogP contribution in [0, 0.1) is 0 Å². The molecule has 1 heterocycles. The third-order valence-corrected chi connectivity index (χ3v) is 3.84. The molecule has 0 aliphatic carbocycles. The van der Waals surface area contributed by atoms with Crippen LogP contribution in [-0.4, -0.2) is 0 Å². The lowest BCUT2D eigenvalue weighted by molar-refractivity contribution is -0.642. The topological polar surface area (TPSA) is 3.88 Å². The maximum absolute atomic E-state index is 2.24. The Morgan fingerprint density at radius 3 is 2.16 bits per heavy atom. The molecule has 0 aliphatic rings. The number of hydrogen-bond acceptors (Lipinski definition) is 0. The minimum atomic E-state index is 1.28. The van der Waals surface area contributed by atoms with Gasteiger partial charge >= 0.3 is 0 Å². The number of aromatic nitrogens is 1. The van der Waals surface area contributed by atoms with Crippen molar-refractivity contribution in [3.05, 3.63) is 66.9 Å². The Kier molecular flexibility index (Phi) is 2.10. The number of nitrogens with zero attached hydrogens (tertiary/aromatic N) is 1.